The van der Waals surface area contributed by atoms with Crippen molar-refractivity contribution in [2.75, 3.05) is 13.7 Å². The van der Waals surface area contributed by atoms with Crippen molar-refractivity contribution >= 4 is 5.96 Å². The molecule has 4 fully saturated rings. The lowest BCUT2D eigenvalue weighted by Crippen LogP contribution is -2.69. The predicted molar refractivity (Wildman–Crippen MR) is 131 cm³/mol. The maximum absolute atomic E-state index is 14.8. The summed E-state index contributed by atoms with van der Waals surface area (Å²) < 4.78 is 44.2. The molecule has 4 aliphatic rings. The molecule has 0 aromatic rings. The van der Waals surface area contributed by atoms with Crippen molar-refractivity contribution in [2.45, 2.75) is 117 Å². The van der Waals surface area contributed by atoms with Crippen molar-refractivity contribution in [3.8, 4) is 0 Å². The number of nitrogens with one attached hydrogen (secondary N) is 3. The number of aliphatic hydroxyl groups excluding tert-OH is 4. The fraction of sp³-hybridized carbons (Fsp3) is 0.955. The van der Waals surface area contributed by atoms with Crippen LogP contribution in [-0.4, -0.2) is 138 Å². The molecule has 16 nitrogen and oxygen atoms in total. The van der Waals surface area contributed by atoms with Gasteiger partial charge in [-0.15, -0.1) is 0 Å². The van der Waals surface area contributed by atoms with Gasteiger partial charge in [-0.05, 0) is 19.9 Å². The molecule has 3 aliphatic heterocycles. The molecule has 1 aliphatic carbocycles. The minimum absolute atomic E-state index is 0.0620. The van der Waals surface area contributed by atoms with Crippen LogP contribution in [0.15, 0.2) is 0 Å². The number of halogens is 1. The van der Waals surface area contributed by atoms with E-state index in [4.69, 9.17) is 52.0 Å². The number of likely N-dealkylation sites (N-methyl/N-ethyl adjacent to an activating group) is 1. The summed E-state index contributed by atoms with van der Waals surface area (Å²) >= 11 is 0. The van der Waals surface area contributed by atoms with Gasteiger partial charge >= 0.3 is 0 Å². The van der Waals surface area contributed by atoms with Crippen LogP contribution in [0.3, 0.4) is 0 Å². The van der Waals surface area contributed by atoms with E-state index in [9.17, 15) is 24.8 Å². The van der Waals surface area contributed by atoms with Crippen LogP contribution in [0.5, 0.6) is 0 Å². The zero-order valence-electron chi connectivity index (χ0n) is 21.6. The normalized spacial score (nSPS) is 50.7. The molecule has 1 saturated carbocycles. The lowest BCUT2D eigenvalue weighted by molar-refractivity contribution is -0.367. The maximum atomic E-state index is 14.8. The summed E-state index contributed by atoms with van der Waals surface area (Å²) in [6, 6.07) is -3.89. The van der Waals surface area contributed by atoms with Crippen LogP contribution >= 0.6 is 0 Å². The zero-order chi connectivity index (χ0) is 28.6. The van der Waals surface area contributed by atoms with Crippen molar-refractivity contribution in [1.82, 2.24) is 10.6 Å². The van der Waals surface area contributed by atoms with Gasteiger partial charge in [0.2, 0.25) is 0 Å². The van der Waals surface area contributed by atoms with E-state index in [2.05, 4.69) is 10.6 Å². The summed E-state index contributed by atoms with van der Waals surface area (Å²) in [6.45, 7) is -0.427. The van der Waals surface area contributed by atoms with Crippen molar-refractivity contribution in [1.29, 1.82) is 5.41 Å². The quantitative estimate of drug-likeness (QED) is 0.101. The Morgan fingerprint density at radius 1 is 0.949 bits per heavy atom. The summed E-state index contributed by atoms with van der Waals surface area (Å²) in [4.78, 5) is 0. The maximum Gasteiger partial charge on any atom is 0.187 e. The third-order valence-corrected chi connectivity index (χ3v) is 7.84. The third kappa shape index (κ3) is 6.45. The average Bonchev–Trinajstić information content (AvgIpc) is 2.87. The smallest absolute Gasteiger partial charge is 0.187 e. The highest BCUT2D eigenvalue weighted by Gasteiger charge is 2.53. The summed E-state index contributed by atoms with van der Waals surface area (Å²) in [5, 5.41) is 54.5. The summed E-state index contributed by atoms with van der Waals surface area (Å²) in [5.41, 5.74) is 23.4. The molecule has 0 bridgehead atoms. The van der Waals surface area contributed by atoms with E-state index >= 15 is 0 Å². The topological polar surface area (TPSA) is 279 Å². The molecular weight excluding hydrogens is 525 g/mol. The fourth-order valence-corrected chi connectivity index (χ4v) is 5.71. The van der Waals surface area contributed by atoms with E-state index in [1.54, 1.807) is 7.05 Å². The molecule has 17 heteroatoms. The number of alkyl halides is 1. The first kappa shape index (κ1) is 30.6. The van der Waals surface area contributed by atoms with Gasteiger partial charge in [0, 0.05) is 18.5 Å². The Morgan fingerprint density at radius 3 is 2.31 bits per heavy atom. The molecule has 0 aromatic carbocycles. The minimum Gasteiger partial charge on any atom is -0.394 e. The second kappa shape index (κ2) is 12.7. The first-order valence-electron chi connectivity index (χ1n) is 13.1. The van der Waals surface area contributed by atoms with Crippen LogP contribution in [-0.2, 0) is 23.7 Å². The predicted octanol–water partition coefficient (Wildman–Crippen LogP) is -5.42. The van der Waals surface area contributed by atoms with Gasteiger partial charge in [-0.25, -0.2) is 4.39 Å². The molecule has 0 aromatic heterocycles. The number of fused-ring (bicyclic) bond motifs is 1. The lowest BCUT2D eigenvalue weighted by atomic mass is 9.85. The molecule has 16 atom stereocenters. The Bertz CT molecular complexity index is 837. The van der Waals surface area contributed by atoms with Gasteiger partial charge in [-0.1, -0.05) is 0 Å². The van der Waals surface area contributed by atoms with Gasteiger partial charge in [-0.3, -0.25) is 5.41 Å². The van der Waals surface area contributed by atoms with Crippen LogP contribution in [0, 0.1) is 5.41 Å². The molecule has 39 heavy (non-hydrogen) atoms. The van der Waals surface area contributed by atoms with Crippen LogP contribution in [0.4, 0.5) is 4.39 Å². The monoisotopic (exact) mass is 567 g/mol. The Kier molecular flexibility index (Phi) is 9.96. The fourth-order valence-electron chi connectivity index (χ4n) is 5.71. The van der Waals surface area contributed by atoms with Crippen LogP contribution in [0.25, 0.3) is 0 Å². The molecule has 0 radical (unpaired) electrons. The molecule has 3 saturated heterocycles. The highest BCUT2D eigenvalue weighted by molar-refractivity contribution is 5.74. The minimum atomic E-state index is -1.84. The van der Waals surface area contributed by atoms with Crippen LogP contribution in [0.1, 0.15) is 19.3 Å². The Balaban J connectivity index is 1.41. The molecule has 0 amide bonds. The van der Waals surface area contributed by atoms with Crippen molar-refractivity contribution in [3.63, 3.8) is 0 Å². The molecular formula is C22H42FN7O9. The van der Waals surface area contributed by atoms with E-state index in [0.29, 0.717) is 0 Å². The lowest BCUT2D eigenvalue weighted by Gasteiger charge is -2.51. The van der Waals surface area contributed by atoms with Gasteiger partial charge in [0.25, 0.3) is 0 Å². The molecule has 226 valence electrons. The van der Waals surface area contributed by atoms with Gasteiger partial charge in [-0.2, -0.15) is 0 Å². The standard InChI is InChI=1S/C22H42FN7O9/c1-29-14-16(34)18-11(3-8(26)19(38-18)37-17-7(25)2-6(24)15(33)13(17)23)35-21(14)39-20-10(32)4-9(30-22(27)28)12(5-31)36-20/h6-21,29,31-34H,2-5,24-26H2,1H3,(H4,27,28,30)/t6-,7?,8+,9+,10+,11+,12?,13?,14?,15-,16?,17-,18?,19+,20-,21?/m1/s1. The third-order valence-electron chi connectivity index (χ3n) is 7.84. The Labute approximate surface area is 224 Å². The van der Waals surface area contributed by atoms with E-state index in [-0.39, 0.29) is 25.2 Å². The van der Waals surface area contributed by atoms with Gasteiger partial charge in [0.15, 0.2) is 31.0 Å². The van der Waals surface area contributed by atoms with Gasteiger partial charge < -0.3 is 77.7 Å². The summed E-state index contributed by atoms with van der Waals surface area (Å²) in [6.07, 6.45) is -12.6. The first-order valence-corrected chi connectivity index (χ1v) is 13.1. The van der Waals surface area contributed by atoms with Crippen LogP contribution in [0.2, 0.25) is 0 Å². The highest BCUT2D eigenvalue weighted by Crippen LogP contribution is 2.35. The number of hydrogen-bond acceptors (Lipinski definition) is 14. The highest BCUT2D eigenvalue weighted by atomic mass is 19.1. The van der Waals surface area contributed by atoms with Gasteiger partial charge in [0.05, 0.1) is 30.8 Å². The molecule has 15 N–H and O–H groups in total. The summed E-state index contributed by atoms with van der Waals surface area (Å²) in [5.74, 6) is -0.336. The number of nitrogens with two attached hydrogens (primary N) is 4. The molecule has 3 heterocycles. The second-order valence-corrected chi connectivity index (χ2v) is 10.6. The second-order valence-electron chi connectivity index (χ2n) is 10.6. The number of rotatable bonds is 7. The number of ether oxygens (including phenoxy) is 5. The van der Waals surface area contributed by atoms with Crippen molar-refractivity contribution in [2.24, 2.45) is 22.9 Å². The first-order chi connectivity index (χ1) is 18.4. The molecule has 0 spiro atoms. The average molecular weight is 568 g/mol. The SMILES string of the molecule is CNC1C(O[C@H]2OC(CO)[C@@H](NC(=N)N)C[C@@H]2O)O[C@H]2C[C@H](N)[C@@H](O[C@@H]3C(N)C[C@@H](N)[C@@H](O)C3F)OC2C1O. The van der Waals surface area contributed by atoms with E-state index in [0.717, 1.165) is 0 Å². The number of hydrogen-bond donors (Lipinski definition) is 11. The summed E-state index contributed by atoms with van der Waals surface area (Å²) in [7, 11) is 1.57. The van der Waals surface area contributed by atoms with Crippen LogP contribution < -0.4 is 33.6 Å². The number of guanidine groups is 1. The van der Waals surface area contributed by atoms with Crippen molar-refractivity contribution < 1.29 is 48.5 Å². The molecule has 4 rings (SSSR count). The zero-order valence-corrected chi connectivity index (χ0v) is 21.6. The van der Waals surface area contributed by atoms with Crippen molar-refractivity contribution in [3.05, 3.63) is 0 Å². The van der Waals surface area contributed by atoms with E-state index in [1.165, 1.54) is 0 Å². The molecule has 7 unspecified atom stereocenters. The number of aliphatic hydroxyl groups is 4. The largest absolute Gasteiger partial charge is 0.394 e. The van der Waals surface area contributed by atoms with E-state index < -0.39 is 105 Å². The Hall–Kier alpha value is -1.32. The van der Waals surface area contributed by atoms with E-state index in [1.807, 2.05) is 0 Å². The van der Waals surface area contributed by atoms with Gasteiger partial charge in [0.1, 0.15) is 36.6 Å². The Morgan fingerprint density at radius 2 is 1.67 bits per heavy atom.